The summed E-state index contributed by atoms with van der Waals surface area (Å²) in [5.74, 6) is 0.450. The fraction of sp³-hybridized carbons (Fsp3) is 0.640. The molecule has 2 heterocycles. The smallest absolute Gasteiger partial charge is 0.225 e. The van der Waals surface area contributed by atoms with Crippen molar-refractivity contribution in [3.8, 4) is 0 Å². The van der Waals surface area contributed by atoms with E-state index in [0.717, 1.165) is 57.2 Å². The average molecular weight is 411 g/mol. The predicted octanol–water partition coefficient (Wildman–Crippen LogP) is 3.78. The number of fused-ring (bicyclic) bond motifs is 1. The van der Waals surface area contributed by atoms with E-state index in [9.17, 15) is 14.4 Å². The van der Waals surface area contributed by atoms with Crippen LogP contribution in [0, 0.1) is 5.92 Å². The van der Waals surface area contributed by atoms with Crippen molar-refractivity contribution in [3.05, 3.63) is 34.9 Å². The van der Waals surface area contributed by atoms with Gasteiger partial charge in [-0.05, 0) is 75.0 Å². The van der Waals surface area contributed by atoms with E-state index in [1.807, 2.05) is 21.9 Å². The highest BCUT2D eigenvalue weighted by Gasteiger charge is 2.30. The second kappa shape index (κ2) is 9.76. The van der Waals surface area contributed by atoms with Crippen molar-refractivity contribution in [2.24, 2.45) is 5.92 Å². The second-order valence-electron chi connectivity index (χ2n) is 9.15. The van der Waals surface area contributed by atoms with Gasteiger partial charge in [-0.25, -0.2) is 0 Å². The molecule has 0 saturated carbocycles. The Morgan fingerprint density at radius 2 is 1.47 bits per heavy atom. The first-order valence-corrected chi connectivity index (χ1v) is 11.8. The van der Waals surface area contributed by atoms with Gasteiger partial charge in [-0.15, -0.1) is 0 Å². The van der Waals surface area contributed by atoms with E-state index in [-0.39, 0.29) is 36.4 Å². The molecule has 0 unspecified atom stereocenters. The van der Waals surface area contributed by atoms with Crippen molar-refractivity contribution in [2.75, 3.05) is 26.2 Å². The number of ketones is 1. The Kier molecular flexibility index (Phi) is 6.86. The molecule has 2 saturated heterocycles. The summed E-state index contributed by atoms with van der Waals surface area (Å²) in [5, 5.41) is 0. The van der Waals surface area contributed by atoms with Crippen LogP contribution in [0.4, 0.5) is 0 Å². The Bertz CT molecular complexity index is 790. The monoisotopic (exact) mass is 410 g/mol. The largest absolute Gasteiger partial charge is 0.343 e. The third kappa shape index (κ3) is 4.93. The zero-order valence-electron chi connectivity index (χ0n) is 18.0. The SMILES string of the molecule is O=C(CCC(=O)N1CCC(C(=O)N2CCCCC2)CC1)c1ccc2c(c1)CCCC2. The summed E-state index contributed by atoms with van der Waals surface area (Å²) in [7, 11) is 0. The summed E-state index contributed by atoms with van der Waals surface area (Å²) < 4.78 is 0. The van der Waals surface area contributed by atoms with Crippen LogP contribution in [0.3, 0.4) is 0 Å². The third-order valence-corrected chi connectivity index (χ3v) is 7.10. The summed E-state index contributed by atoms with van der Waals surface area (Å²) in [6.45, 7) is 3.05. The molecule has 1 aromatic carbocycles. The third-order valence-electron chi connectivity index (χ3n) is 7.10. The summed E-state index contributed by atoms with van der Waals surface area (Å²) >= 11 is 0. The minimum absolute atomic E-state index is 0.0465. The fourth-order valence-corrected chi connectivity index (χ4v) is 5.18. The molecule has 2 fully saturated rings. The number of carbonyl (C=O) groups excluding carboxylic acids is 3. The van der Waals surface area contributed by atoms with Gasteiger partial charge in [-0.2, -0.15) is 0 Å². The number of rotatable bonds is 5. The summed E-state index contributed by atoms with van der Waals surface area (Å²) in [5.41, 5.74) is 3.42. The molecular weight excluding hydrogens is 376 g/mol. The van der Waals surface area contributed by atoms with Gasteiger partial charge in [-0.3, -0.25) is 14.4 Å². The lowest BCUT2D eigenvalue weighted by molar-refractivity contribution is -0.141. The topological polar surface area (TPSA) is 57.7 Å². The van der Waals surface area contributed by atoms with Gasteiger partial charge in [0.1, 0.15) is 0 Å². The van der Waals surface area contributed by atoms with Gasteiger partial charge in [0, 0.05) is 50.5 Å². The molecule has 3 aliphatic rings. The van der Waals surface area contributed by atoms with Crippen LogP contribution in [0.1, 0.15) is 79.3 Å². The van der Waals surface area contributed by atoms with Crippen molar-refractivity contribution in [1.29, 1.82) is 0 Å². The number of Topliss-reactive ketones (excluding diaryl/α,β-unsaturated/α-hetero) is 1. The molecule has 4 rings (SSSR count). The maximum Gasteiger partial charge on any atom is 0.225 e. The highest BCUT2D eigenvalue weighted by atomic mass is 16.2. The number of nitrogens with zero attached hydrogens (tertiary/aromatic N) is 2. The minimum Gasteiger partial charge on any atom is -0.343 e. The van der Waals surface area contributed by atoms with E-state index in [0.29, 0.717) is 13.1 Å². The van der Waals surface area contributed by atoms with Gasteiger partial charge in [-0.1, -0.05) is 12.1 Å². The van der Waals surface area contributed by atoms with Gasteiger partial charge < -0.3 is 9.80 Å². The molecule has 1 aromatic rings. The van der Waals surface area contributed by atoms with Crippen molar-refractivity contribution in [3.63, 3.8) is 0 Å². The molecule has 2 aliphatic heterocycles. The van der Waals surface area contributed by atoms with Crippen molar-refractivity contribution in [1.82, 2.24) is 9.80 Å². The Morgan fingerprint density at radius 3 is 2.20 bits per heavy atom. The summed E-state index contributed by atoms with van der Waals surface area (Å²) in [4.78, 5) is 41.8. The molecule has 30 heavy (non-hydrogen) atoms. The number of hydrogen-bond donors (Lipinski definition) is 0. The maximum absolute atomic E-state index is 12.7. The number of carbonyl (C=O) groups is 3. The molecule has 5 nitrogen and oxygen atoms in total. The molecule has 0 radical (unpaired) electrons. The standard InChI is InChI=1S/C25H34N2O3/c28-23(22-9-8-19-6-2-3-7-21(19)18-22)10-11-24(29)26-16-12-20(13-17-26)25(30)27-14-4-1-5-15-27/h8-9,18,20H,1-7,10-17H2. The molecule has 2 amide bonds. The Hall–Kier alpha value is -2.17. The number of likely N-dealkylation sites (tertiary alicyclic amines) is 2. The molecule has 0 aromatic heterocycles. The molecule has 0 N–H and O–H groups in total. The number of piperidine rings is 2. The lowest BCUT2D eigenvalue weighted by atomic mass is 9.89. The summed E-state index contributed by atoms with van der Waals surface area (Å²) in [6, 6.07) is 6.06. The van der Waals surface area contributed by atoms with Gasteiger partial charge >= 0.3 is 0 Å². The van der Waals surface area contributed by atoms with E-state index in [1.54, 1.807) is 0 Å². The molecule has 0 atom stereocenters. The van der Waals surface area contributed by atoms with Crippen LogP contribution in [-0.2, 0) is 22.4 Å². The van der Waals surface area contributed by atoms with Crippen LogP contribution in [0.15, 0.2) is 18.2 Å². The van der Waals surface area contributed by atoms with E-state index >= 15 is 0 Å². The zero-order valence-corrected chi connectivity index (χ0v) is 18.0. The Morgan fingerprint density at radius 1 is 0.767 bits per heavy atom. The highest BCUT2D eigenvalue weighted by Crippen LogP contribution is 2.24. The molecule has 1 aliphatic carbocycles. The fourth-order valence-electron chi connectivity index (χ4n) is 5.18. The molecule has 0 bridgehead atoms. The Labute approximate surface area is 179 Å². The Balaban J connectivity index is 1.23. The first-order valence-electron chi connectivity index (χ1n) is 11.8. The van der Waals surface area contributed by atoms with Crippen LogP contribution >= 0.6 is 0 Å². The van der Waals surface area contributed by atoms with Gasteiger partial charge in [0.15, 0.2) is 5.78 Å². The first kappa shape index (κ1) is 21.1. The van der Waals surface area contributed by atoms with E-state index in [2.05, 4.69) is 6.07 Å². The lowest BCUT2D eigenvalue weighted by Crippen LogP contribution is -2.45. The summed E-state index contributed by atoms with van der Waals surface area (Å²) in [6.07, 6.45) is 10.1. The van der Waals surface area contributed by atoms with Crippen LogP contribution in [0.25, 0.3) is 0 Å². The second-order valence-corrected chi connectivity index (χ2v) is 9.15. The molecule has 0 spiro atoms. The van der Waals surface area contributed by atoms with E-state index in [4.69, 9.17) is 0 Å². The van der Waals surface area contributed by atoms with Gasteiger partial charge in [0.25, 0.3) is 0 Å². The average Bonchev–Trinajstić information content (AvgIpc) is 2.82. The minimum atomic E-state index is 0.0465. The number of hydrogen-bond acceptors (Lipinski definition) is 3. The van der Waals surface area contributed by atoms with Crippen LogP contribution in [0.2, 0.25) is 0 Å². The van der Waals surface area contributed by atoms with Gasteiger partial charge in [0.2, 0.25) is 11.8 Å². The number of benzene rings is 1. The first-order chi connectivity index (χ1) is 14.6. The van der Waals surface area contributed by atoms with E-state index in [1.165, 1.54) is 30.4 Å². The van der Waals surface area contributed by atoms with Crippen LogP contribution < -0.4 is 0 Å². The number of aryl methyl sites for hydroxylation is 2. The molecular formula is C25H34N2O3. The van der Waals surface area contributed by atoms with Crippen LogP contribution in [-0.4, -0.2) is 53.6 Å². The maximum atomic E-state index is 12.7. The number of amides is 2. The lowest BCUT2D eigenvalue weighted by Gasteiger charge is -2.35. The highest BCUT2D eigenvalue weighted by molar-refractivity contribution is 5.98. The molecule has 5 heteroatoms. The van der Waals surface area contributed by atoms with Crippen molar-refractivity contribution in [2.45, 2.75) is 70.6 Å². The van der Waals surface area contributed by atoms with Gasteiger partial charge in [0.05, 0.1) is 0 Å². The zero-order chi connectivity index (χ0) is 20.9. The quantitative estimate of drug-likeness (QED) is 0.694. The predicted molar refractivity (Wildman–Crippen MR) is 116 cm³/mol. The molecule has 162 valence electrons. The van der Waals surface area contributed by atoms with Crippen molar-refractivity contribution >= 4 is 17.6 Å². The van der Waals surface area contributed by atoms with Crippen LogP contribution in [0.5, 0.6) is 0 Å². The van der Waals surface area contributed by atoms with Crippen molar-refractivity contribution < 1.29 is 14.4 Å². The normalized spacial score (nSPS) is 20.0. The van der Waals surface area contributed by atoms with E-state index < -0.39 is 0 Å².